The van der Waals surface area contributed by atoms with Gasteiger partial charge in [0.15, 0.2) is 0 Å². The molecule has 1 aliphatic carbocycles. The Hall–Kier alpha value is -4.26. The van der Waals surface area contributed by atoms with Gasteiger partial charge in [-0.25, -0.2) is 0 Å². The molecular formula is C28H25N3O4. The van der Waals surface area contributed by atoms with Crippen LogP contribution >= 0.6 is 0 Å². The number of nitrogens with zero attached hydrogens (tertiary/aromatic N) is 2. The maximum atomic E-state index is 12.9. The monoisotopic (exact) mass is 467 g/mol. The quantitative estimate of drug-likeness (QED) is 0.360. The Morgan fingerprint density at radius 2 is 1.51 bits per heavy atom. The molecule has 35 heavy (non-hydrogen) atoms. The molecule has 7 heteroatoms. The summed E-state index contributed by atoms with van der Waals surface area (Å²) in [6, 6.07) is 24.9. The van der Waals surface area contributed by atoms with E-state index in [9.17, 15) is 14.7 Å². The second-order valence-corrected chi connectivity index (χ2v) is 8.82. The number of aliphatic carboxylic acids is 1. The Labute approximate surface area is 202 Å². The standard InChI is InChI=1S/C28H25N3O4/c32-26(29-24-15-13-19(14-16-24)18-5-2-1-3-6-18)23-8-4-7-22(17-23)25-30-27(35-31-25)20-9-11-21(12-10-20)28(33)34/h1-8,13-17,20-21H,9-12H2,(H,29,32)(H,33,34). The fourth-order valence-corrected chi connectivity index (χ4v) is 4.48. The van der Waals surface area contributed by atoms with Crippen LogP contribution in [0, 0.1) is 5.92 Å². The van der Waals surface area contributed by atoms with Gasteiger partial charge in [-0.15, -0.1) is 0 Å². The van der Waals surface area contributed by atoms with Crippen LogP contribution in [0.2, 0.25) is 0 Å². The molecule has 0 unspecified atom stereocenters. The van der Waals surface area contributed by atoms with Crippen molar-refractivity contribution in [3.63, 3.8) is 0 Å². The number of carboxylic acids is 1. The first-order valence-electron chi connectivity index (χ1n) is 11.7. The molecule has 7 nitrogen and oxygen atoms in total. The molecule has 4 aromatic rings. The van der Waals surface area contributed by atoms with Crippen molar-refractivity contribution in [1.82, 2.24) is 10.1 Å². The molecule has 1 heterocycles. The number of nitrogens with one attached hydrogen (secondary N) is 1. The fraction of sp³-hybridized carbons (Fsp3) is 0.214. The Bertz CT molecular complexity index is 1320. The van der Waals surface area contributed by atoms with Gasteiger partial charge in [-0.1, -0.05) is 59.8 Å². The minimum atomic E-state index is -0.739. The minimum Gasteiger partial charge on any atom is -0.481 e. The Balaban J connectivity index is 1.25. The van der Waals surface area contributed by atoms with Gasteiger partial charge in [0.25, 0.3) is 5.91 Å². The smallest absolute Gasteiger partial charge is 0.306 e. The maximum Gasteiger partial charge on any atom is 0.306 e. The van der Waals surface area contributed by atoms with E-state index >= 15 is 0 Å². The van der Waals surface area contributed by atoms with E-state index in [4.69, 9.17) is 4.52 Å². The van der Waals surface area contributed by atoms with Gasteiger partial charge in [0.2, 0.25) is 11.7 Å². The molecule has 0 radical (unpaired) electrons. The SMILES string of the molecule is O=C(Nc1ccc(-c2ccccc2)cc1)c1cccc(-c2noc(C3CCC(C(=O)O)CC3)n2)c1. The van der Waals surface area contributed by atoms with E-state index < -0.39 is 5.97 Å². The van der Waals surface area contributed by atoms with Crippen LogP contribution in [0.25, 0.3) is 22.5 Å². The van der Waals surface area contributed by atoms with E-state index in [1.165, 1.54) is 0 Å². The zero-order valence-corrected chi connectivity index (χ0v) is 19.1. The van der Waals surface area contributed by atoms with Gasteiger partial charge in [0, 0.05) is 22.7 Å². The van der Waals surface area contributed by atoms with Crippen LogP contribution in [-0.4, -0.2) is 27.1 Å². The topological polar surface area (TPSA) is 105 Å². The van der Waals surface area contributed by atoms with Gasteiger partial charge in [0.1, 0.15) is 0 Å². The zero-order chi connectivity index (χ0) is 24.2. The molecule has 2 N–H and O–H groups in total. The van der Waals surface area contributed by atoms with Crippen LogP contribution in [0.15, 0.2) is 83.4 Å². The zero-order valence-electron chi connectivity index (χ0n) is 19.1. The summed E-state index contributed by atoms with van der Waals surface area (Å²) in [5, 5.41) is 16.2. The van der Waals surface area contributed by atoms with Crippen molar-refractivity contribution in [3.8, 4) is 22.5 Å². The van der Waals surface area contributed by atoms with Crippen molar-refractivity contribution in [2.24, 2.45) is 5.92 Å². The molecule has 0 bridgehead atoms. The molecule has 3 aromatic carbocycles. The predicted molar refractivity (Wildman–Crippen MR) is 132 cm³/mol. The lowest BCUT2D eigenvalue weighted by Crippen LogP contribution is -2.20. The average Bonchev–Trinajstić information content (AvgIpc) is 3.40. The lowest BCUT2D eigenvalue weighted by atomic mass is 9.82. The predicted octanol–water partition coefficient (Wildman–Crippen LogP) is 6.01. The molecule has 0 aliphatic heterocycles. The lowest BCUT2D eigenvalue weighted by Gasteiger charge is -2.23. The number of carbonyl (C=O) groups is 2. The van der Waals surface area contributed by atoms with Crippen LogP contribution in [0.5, 0.6) is 0 Å². The summed E-state index contributed by atoms with van der Waals surface area (Å²) in [4.78, 5) is 28.6. The summed E-state index contributed by atoms with van der Waals surface area (Å²) in [5.41, 5.74) is 4.08. The largest absolute Gasteiger partial charge is 0.481 e. The van der Waals surface area contributed by atoms with Crippen molar-refractivity contribution < 1.29 is 19.2 Å². The highest BCUT2D eigenvalue weighted by Gasteiger charge is 2.30. The first-order valence-corrected chi connectivity index (χ1v) is 11.7. The third-order valence-corrected chi connectivity index (χ3v) is 6.50. The molecule has 1 amide bonds. The molecule has 0 spiro atoms. The van der Waals surface area contributed by atoms with Crippen molar-refractivity contribution in [2.75, 3.05) is 5.32 Å². The minimum absolute atomic E-state index is 0.0668. The molecule has 0 atom stereocenters. The molecule has 0 saturated heterocycles. The molecule has 1 aromatic heterocycles. The maximum absolute atomic E-state index is 12.9. The average molecular weight is 468 g/mol. The van der Waals surface area contributed by atoms with Gasteiger partial charge in [0.05, 0.1) is 5.92 Å². The van der Waals surface area contributed by atoms with Crippen LogP contribution in [0.3, 0.4) is 0 Å². The Morgan fingerprint density at radius 1 is 0.829 bits per heavy atom. The number of hydrogen-bond donors (Lipinski definition) is 2. The lowest BCUT2D eigenvalue weighted by molar-refractivity contribution is -0.142. The summed E-state index contributed by atoms with van der Waals surface area (Å²) in [5.74, 6) is -0.248. The third-order valence-electron chi connectivity index (χ3n) is 6.50. The third kappa shape index (κ3) is 5.14. The van der Waals surface area contributed by atoms with E-state index in [0.717, 1.165) is 11.1 Å². The fourth-order valence-electron chi connectivity index (χ4n) is 4.48. The highest BCUT2D eigenvalue weighted by atomic mass is 16.5. The number of hydrogen-bond acceptors (Lipinski definition) is 5. The Kier molecular flexibility index (Phi) is 6.39. The molecule has 1 saturated carbocycles. The van der Waals surface area contributed by atoms with Crippen LogP contribution < -0.4 is 5.32 Å². The summed E-state index contributed by atoms with van der Waals surface area (Å²) in [6.45, 7) is 0. The van der Waals surface area contributed by atoms with E-state index in [1.54, 1.807) is 18.2 Å². The van der Waals surface area contributed by atoms with Crippen LogP contribution in [-0.2, 0) is 4.79 Å². The normalized spacial score (nSPS) is 17.6. The number of aromatic nitrogens is 2. The van der Waals surface area contributed by atoms with E-state index in [2.05, 4.69) is 15.5 Å². The van der Waals surface area contributed by atoms with E-state index in [-0.39, 0.29) is 17.7 Å². The van der Waals surface area contributed by atoms with Gasteiger partial charge >= 0.3 is 5.97 Å². The second-order valence-electron chi connectivity index (χ2n) is 8.82. The van der Waals surface area contributed by atoms with E-state index in [1.807, 2.05) is 60.7 Å². The number of rotatable bonds is 6. The summed E-state index contributed by atoms with van der Waals surface area (Å²) in [7, 11) is 0. The number of anilines is 1. The van der Waals surface area contributed by atoms with Crippen molar-refractivity contribution in [1.29, 1.82) is 0 Å². The van der Waals surface area contributed by atoms with Crippen molar-refractivity contribution >= 4 is 17.6 Å². The van der Waals surface area contributed by atoms with Crippen molar-refractivity contribution in [2.45, 2.75) is 31.6 Å². The number of benzene rings is 3. The second kappa shape index (κ2) is 9.93. The molecular weight excluding hydrogens is 442 g/mol. The summed E-state index contributed by atoms with van der Waals surface area (Å²) in [6.07, 6.45) is 2.65. The van der Waals surface area contributed by atoms with Gasteiger partial charge in [-0.2, -0.15) is 4.98 Å². The van der Waals surface area contributed by atoms with Crippen molar-refractivity contribution in [3.05, 3.63) is 90.3 Å². The Morgan fingerprint density at radius 3 is 2.23 bits per heavy atom. The van der Waals surface area contributed by atoms with Gasteiger partial charge < -0.3 is 14.9 Å². The molecule has 176 valence electrons. The van der Waals surface area contributed by atoms with Crippen LogP contribution in [0.4, 0.5) is 5.69 Å². The number of carboxylic acid groups (broad SMARTS) is 1. The first-order chi connectivity index (χ1) is 17.1. The van der Waals surface area contributed by atoms with Gasteiger partial charge in [-0.05, 0) is 61.1 Å². The number of amides is 1. The van der Waals surface area contributed by atoms with Gasteiger partial charge in [-0.3, -0.25) is 9.59 Å². The highest BCUT2D eigenvalue weighted by Crippen LogP contribution is 2.35. The molecule has 1 fully saturated rings. The first kappa shape index (κ1) is 22.5. The summed E-state index contributed by atoms with van der Waals surface area (Å²) >= 11 is 0. The summed E-state index contributed by atoms with van der Waals surface area (Å²) < 4.78 is 5.49. The molecule has 1 aliphatic rings. The molecule has 5 rings (SSSR count). The highest BCUT2D eigenvalue weighted by molar-refractivity contribution is 6.05. The van der Waals surface area contributed by atoms with Crippen LogP contribution in [0.1, 0.15) is 47.8 Å². The van der Waals surface area contributed by atoms with E-state index in [0.29, 0.717) is 54.2 Å². The number of carbonyl (C=O) groups excluding carboxylic acids is 1.